The van der Waals surface area contributed by atoms with Crippen molar-refractivity contribution in [3.05, 3.63) is 62.1 Å². The van der Waals surface area contributed by atoms with Gasteiger partial charge in [0.05, 0.1) is 12.0 Å². The maximum absolute atomic E-state index is 12.9. The molecule has 2 aromatic carbocycles. The molecule has 1 N–H and O–H groups in total. The van der Waals surface area contributed by atoms with Gasteiger partial charge in [-0.2, -0.15) is 0 Å². The van der Waals surface area contributed by atoms with Gasteiger partial charge >= 0.3 is 5.69 Å². The van der Waals surface area contributed by atoms with E-state index in [-0.39, 0.29) is 29.6 Å². The standard InChI is InChI=1S/C20H21Cl2N3O6/c1-12(20(27)23-2)24(10-13-4-5-14(21)8-16(13)22)19(26)11-31-15-6-7-17(25(28)29)18(9-15)30-3/h4-9,12H,10-11H2,1-3H3,(H,23,27)/t12-/m0/s1. The molecule has 0 aliphatic rings. The molecule has 2 amide bonds. The fourth-order valence-corrected chi connectivity index (χ4v) is 3.22. The van der Waals surface area contributed by atoms with E-state index in [4.69, 9.17) is 32.7 Å². The van der Waals surface area contributed by atoms with Crippen molar-refractivity contribution in [2.45, 2.75) is 19.5 Å². The van der Waals surface area contributed by atoms with Crippen LogP contribution in [0, 0.1) is 10.1 Å². The van der Waals surface area contributed by atoms with Crippen molar-refractivity contribution >= 4 is 40.7 Å². The van der Waals surface area contributed by atoms with Gasteiger partial charge in [0.1, 0.15) is 11.8 Å². The van der Waals surface area contributed by atoms with E-state index < -0.39 is 23.5 Å². The third kappa shape index (κ3) is 6.22. The van der Waals surface area contributed by atoms with Crippen LogP contribution >= 0.6 is 23.2 Å². The van der Waals surface area contributed by atoms with Gasteiger partial charge in [-0.05, 0) is 30.7 Å². The molecule has 166 valence electrons. The summed E-state index contributed by atoms with van der Waals surface area (Å²) in [6.07, 6.45) is 0. The number of likely N-dealkylation sites (N-methyl/N-ethyl adjacent to an activating group) is 1. The average molecular weight is 470 g/mol. The predicted molar refractivity (Wildman–Crippen MR) is 116 cm³/mol. The SMILES string of the molecule is CNC(=O)[C@H](C)N(Cc1ccc(Cl)cc1Cl)C(=O)COc1ccc([N+](=O)[O-])c(OC)c1. The summed E-state index contributed by atoms with van der Waals surface area (Å²) in [4.78, 5) is 36.8. The minimum atomic E-state index is -0.806. The summed E-state index contributed by atoms with van der Waals surface area (Å²) in [5.74, 6) is -0.652. The fraction of sp³-hybridized carbons (Fsp3) is 0.300. The van der Waals surface area contributed by atoms with Gasteiger partial charge in [0, 0.05) is 35.8 Å². The predicted octanol–water partition coefficient (Wildman–Crippen LogP) is 3.45. The lowest BCUT2D eigenvalue weighted by Gasteiger charge is -2.28. The number of halogens is 2. The van der Waals surface area contributed by atoms with Gasteiger partial charge in [0.2, 0.25) is 11.7 Å². The van der Waals surface area contributed by atoms with Gasteiger partial charge in [-0.25, -0.2) is 0 Å². The smallest absolute Gasteiger partial charge is 0.311 e. The van der Waals surface area contributed by atoms with Crippen LogP contribution in [0.4, 0.5) is 5.69 Å². The molecule has 0 fully saturated rings. The highest BCUT2D eigenvalue weighted by Crippen LogP contribution is 2.31. The van der Waals surface area contributed by atoms with E-state index in [1.807, 2.05) is 0 Å². The summed E-state index contributed by atoms with van der Waals surface area (Å²) in [5.41, 5.74) is 0.376. The quantitative estimate of drug-likeness (QED) is 0.444. The topological polar surface area (TPSA) is 111 Å². The second-order valence-corrected chi connectivity index (χ2v) is 7.27. The Morgan fingerprint density at radius 3 is 2.52 bits per heavy atom. The lowest BCUT2D eigenvalue weighted by atomic mass is 10.1. The molecule has 0 aliphatic heterocycles. The summed E-state index contributed by atoms with van der Waals surface area (Å²) in [7, 11) is 2.76. The van der Waals surface area contributed by atoms with Crippen LogP contribution in [0.3, 0.4) is 0 Å². The van der Waals surface area contributed by atoms with Crippen molar-refractivity contribution < 1.29 is 24.0 Å². The maximum atomic E-state index is 12.9. The van der Waals surface area contributed by atoms with E-state index >= 15 is 0 Å². The highest BCUT2D eigenvalue weighted by Gasteiger charge is 2.27. The third-order valence-electron chi connectivity index (χ3n) is 4.48. The van der Waals surface area contributed by atoms with Crippen LogP contribution in [0.1, 0.15) is 12.5 Å². The number of rotatable bonds is 9. The number of nitrogens with zero attached hydrogens (tertiary/aromatic N) is 2. The number of amides is 2. The van der Waals surface area contributed by atoms with Gasteiger partial charge in [-0.15, -0.1) is 0 Å². The van der Waals surface area contributed by atoms with Crippen LogP contribution in [0.2, 0.25) is 10.0 Å². The maximum Gasteiger partial charge on any atom is 0.311 e. The zero-order valence-electron chi connectivity index (χ0n) is 17.1. The molecule has 0 saturated carbocycles. The van der Waals surface area contributed by atoms with E-state index in [1.165, 1.54) is 37.3 Å². The molecule has 11 heteroatoms. The second kappa shape index (κ2) is 10.8. The summed E-state index contributed by atoms with van der Waals surface area (Å²) in [5, 5.41) is 14.3. The number of nitrogens with one attached hydrogen (secondary N) is 1. The number of carbonyl (C=O) groups is 2. The Morgan fingerprint density at radius 1 is 1.23 bits per heavy atom. The molecule has 0 heterocycles. The van der Waals surface area contributed by atoms with Crippen molar-refractivity contribution in [2.75, 3.05) is 20.8 Å². The highest BCUT2D eigenvalue weighted by molar-refractivity contribution is 6.35. The lowest BCUT2D eigenvalue weighted by Crippen LogP contribution is -2.48. The van der Waals surface area contributed by atoms with Gasteiger partial charge in [0.15, 0.2) is 6.61 Å². The Hall–Kier alpha value is -3.04. The van der Waals surface area contributed by atoms with Crippen LogP contribution in [0.15, 0.2) is 36.4 Å². The van der Waals surface area contributed by atoms with Crippen LogP contribution in [0.5, 0.6) is 11.5 Å². The second-order valence-electron chi connectivity index (χ2n) is 6.43. The molecule has 9 nitrogen and oxygen atoms in total. The monoisotopic (exact) mass is 469 g/mol. The van der Waals surface area contributed by atoms with E-state index in [9.17, 15) is 19.7 Å². The summed E-state index contributed by atoms with van der Waals surface area (Å²) < 4.78 is 10.5. The Labute approximate surface area is 189 Å². The van der Waals surface area contributed by atoms with Crippen LogP contribution in [-0.2, 0) is 16.1 Å². The first-order chi connectivity index (χ1) is 14.7. The van der Waals surface area contributed by atoms with Gasteiger partial charge in [0.25, 0.3) is 5.91 Å². The number of benzene rings is 2. The summed E-state index contributed by atoms with van der Waals surface area (Å²) >= 11 is 12.1. The number of carbonyl (C=O) groups excluding carboxylic acids is 2. The van der Waals surface area contributed by atoms with Gasteiger partial charge in [-0.3, -0.25) is 19.7 Å². The molecular weight excluding hydrogens is 449 g/mol. The molecule has 0 saturated heterocycles. The number of methoxy groups -OCH3 is 1. The molecule has 0 aromatic heterocycles. The van der Waals surface area contributed by atoms with Crippen molar-refractivity contribution in [1.82, 2.24) is 10.2 Å². The van der Waals surface area contributed by atoms with Crippen molar-refractivity contribution in [2.24, 2.45) is 0 Å². The molecule has 0 spiro atoms. The van der Waals surface area contributed by atoms with Crippen LogP contribution in [0.25, 0.3) is 0 Å². The molecule has 0 radical (unpaired) electrons. The Kier molecular flexibility index (Phi) is 8.47. The first-order valence-electron chi connectivity index (χ1n) is 9.08. The Balaban J connectivity index is 2.21. The Bertz CT molecular complexity index is 985. The largest absolute Gasteiger partial charge is 0.490 e. The molecule has 31 heavy (non-hydrogen) atoms. The van der Waals surface area contributed by atoms with Gasteiger partial charge < -0.3 is 19.7 Å². The highest BCUT2D eigenvalue weighted by atomic mass is 35.5. The number of hydrogen-bond donors (Lipinski definition) is 1. The van der Waals surface area contributed by atoms with Crippen molar-refractivity contribution in [3.8, 4) is 11.5 Å². The fourth-order valence-electron chi connectivity index (χ4n) is 2.75. The van der Waals surface area contributed by atoms with E-state index in [0.29, 0.717) is 15.6 Å². The van der Waals surface area contributed by atoms with Crippen molar-refractivity contribution in [3.63, 3.8) is 0 Å². The normalized spacial score (nSPS) is 11.4. The zero-order chi connectivity index (χ0) is 23.1. The third-order valence-corrected chi connectivity index (χ3v) is 5.07. The van der Waals surface area contributed by atoms with Crippen molar-refractivity contribution in [1.29, 1.82) is 0 Å². The molecule has 1 atom stereocenters. The van der Waals surface area contributed by atoms with E-state index in [2.05, 4.69) is 5.32 Å². The molecule has 2 aromatic rings. The number of nitro benzene ring substituents is 1. The number of ether oxygens (including phenoxy) is 2. The first kappa shape index (κ1) is 24.2. The minimum absolute atomic E-state index is 0.00141. The molecular formula is C20H21Cl2N3O6. The average Bonchev–Trinajstić information content (AvgIpc) is 2.75. The summed E-state index contributed by atoms with van der Waals surface area (Å²) in [6, 6.07) is 7.94. The summed E-state index contributed by atoms with van der Waals surface area (Å²) in [6.45, 7) is 1.22. The zero-order valence-corrected chi connectivity index (χ0v) is 18.6. The van der Waals surface area contributed by atoms with Crippen LogP contribution in [-0.4, -0.2) is 48.4 Å². The van der Waals surface area contributed by atoms with Crippen LogP contribution < -0.4 is 14.8 Å². The molecule has 2 rings (SSSR count). The number of hydrogen-bond acceptors (Lipinski definition) is 6. The first-order valence-corrected chi connectivity index (χ1v) is 9.83. The Morgan fingerprint density at radius 2 is 1.94 bits per heavy atom. The molecule has 0 unspecified atom stereocenters. The number of nitro groups is 1. The van der Waals surface area contributed by atoms with Gasteiger partial charge in [-0.1, -0.05) is 29.3 Å². The minimum Gasteiger partial charge on any atom is -0.490 e. The lowest BCUT2D eigenvalue weighted by molar-refractivity contribution is -0.385. The molecule has 0 aliphatic carbocycles. The molecule has 0 bridgehead atoms. The van der Waals surface area contributed by atoms with E-state index in [0.717, 1.165) is 0 Å². The van der Waals surface area contributed by atoms with E-state index in [1.54, 1.807) is 25.1 Å².